The molecular weight excluding hydrogens is 445 g/mol. The summed E-state index contributed by atoms with van der Waals surface area (Å²) >= 11 is 0. The summed E-state index contributed by atoms with van der Waals surface area (Å²) in [5, 5.41) is 11.8. The van der Waals surface area contributed by atoms with Crippen molar-refractivity contribution in [2.75, 3.05) is 38.1 Å². The average Bonchev–Trinajstić information content (AvgIpc) is 3.53. The van der Waals surface area contributed by atoms with Crippen LogP contribution < -0.4 is 10.2 Å². The van der Waals surface area contributed by atoms with Crippen molar-refractivity contribution in [2.45, 2.75) is 31.9 Å². The molecule has 2 amide bonds. The van der Waals surface area contributed by atoms with Gasteiger partial charge >= 0.3 is 6.18 Å². The van der Waals surface area contributed by atoms with E-state index in [4.69, 9.17) is 5.26 Å². The molecule has 1 aromatic carbocycles. The summed E-state index contributed by atoms with van der Waals surface area (Å²) in [4.78, 5) is 29.3. The van der Waals surface area contributed by atoms with Gasteiger partial charge in [-0.2, -0.15) is 18.4 Å². The first-order valence-corrected chi connectivity index (χ1v) is 11.7. The van der Waals surface area contributed by atoms with E-state index in [0.717, 1.165) is 31.7 Å². The number of benzene rings is 1. The molecular formula is C25H29F3N4O2. The van der Waals surface area contributed by atoms with Gasteiger partial charge in [-0.15, -0.1) is 0 Å². The van der Waals surface area contributed by atoms with Crippen LogP contribution in [0.15, 0.2) is 30.4 Å². The van der Waals surface area contributed by atoms with Gasteiger partial charge in [0.1, 0.15) is 0 Å². The lowest BCUT2D eigenvalue weighted by Crippen LogP contribution is -2.41. The number of carbonyl (C=O) groups is 2. The first-order valence-electron chi connectivity index (χ1n) is 11.7. The minimum Gasteiger partial charge on any atom is -0.372 e. The van der Waals surface area contributed by atoms with Gasteiger partial charge in [-0.05, 0) is 55.7 Å². The maximum atomic E-state index is 13.4. The van der Waals surface area contributed by atoms with Crippen LogP contribution in [-0.4, -0.2) is 49.9 Å². The predicted molar refractivity (Wildman–Crippen MR) is 121 cm³/mol. The summed E-state index contributed by atoms with van der Waals surface area (Å²) in [6.45, 7) is 2.09. The van der Waals surface area contributed by atoms with Gasteiger partial charge in [0.25, 0.3) is 0 Å². The molecule has 0 spiro atoms. The lowest BCUT2D eigenvalue weighted by Gasteiger charge is -2.37. The minimum atomic E-state index is -4.59. The number of allylic oxidation sites excluding steroid dienone is 2. The van der Waals surface area contributed by atoms with Gasteiger partial charge in [-0.1, -0.05) is 12.2 Å². The molecule has 34 heavy (non-hydrogen) atoms. The summed E-state index contributed by atoms with van der Waals surface area (Å²) in [6, 6.07) is 5.46. The highest BCUT2D eigenvalue weighted by molar-refractivity contribution is 5.83. The monoisotopic (exact) mass is 474 g/mol. The number of hydrogen-bond acceptors (Lipinski definition) is 4. The number of carbonyl (C=O) groups excluding carboxylic acids is 2. The van der Waals surface area contributed by atoms with E-state index >= 15 is 0 Å². The van der Waals surface area contributed by atoms with Crippen molar-refractivity contribution < 1.29 is 22.8 Å². The molecule has 0 bridgehead atoms. The van der Waals surface area contributed by atoms with E-state index in [9.17, 15) is 22.8 Å². The third kappa shape index (κ3) is 4.77. The molecule has 0 unspecified atom stereocenters. The van der Waals surface area contributed by atoms with Crippen molar-refractivity contribution in [1.29, 1.82) is 5.26 Å². The molecule has 2 aliphatic heterocycles. The van der Waals surface area contributed by atoms with Gasteiger partial charge in [-0.25, -0.2) is 0 Å². The number of nitrogens with one attached hydrogen (secondary N) is 1. The smallest absolute Gasteiger partial charge is 0.372 e. The van der Waals surface area contributed by atoms with Gasteiger partial charge in [0.05, 0.1) is 23.1 Å². The Labute approximate surface area is 197 Å². The standard InChI is InChI=1S/C25H29F3N4O2/c1-30-23(33)21-15-32(24(34)17-4-2-3-5-17)14-20(21)16-8-10-31(11-9-16)19-7-6-18(13-29)22(12-19)25(26,27)28/h2-3,6-7,12,16-17,20-21H,4-5,8-11,14-15H2,1H3,(H,30,33)/t20-,21+/m0/s1. The van der Waals surface area contributed by atoms with Crippen molar-refractivity contribution in [3.05, 3.63) is 41.5 Å². The lowest BCUT2D eigenvalue weighted by molar-refractivity contribution is -0.138. The summed E-state index contributed by atoms with van der Waals surface area (Å²) in [5.41, 5.74) is -0.849. The topological polar surface area (TPSA) is 76.4 Å². The Bertz CT molecular complexity index is 1000. The van der Waals surface area contributed by atoms with Crippen LogP contribution in [-0.2, 0) is 15.8 Å². The maximum Gasteiger partial charge on any atom is 0.417 e. The molecule has 4 rings (SSSR count). The van der Waals surface area contributed by atoms with Crippen LogP contribution in [0.5, 0.6) is 0 Å². The van der Waals surface area contributed by atoms with E-state index in [2.05, 4.69) is 5.32 Å². The molecule has 0 saturated carbocycles. The third-order valence-electron chi connectivity index (χ3n) is 7.56. The fraction of sp³-hybridized carbons (Fsp3) is 0.560. The highest BCUT2D eigenvalue weighted by Gasteiger charge is 2.45. The van der Waals surface area contributed by atoms with Crippen molar-refractivity contribution >= 4 is 17.5 Å². The maximum absolute atomic E-state index is 13.4. The molecule has 182 valence electrons. The first-order chi connectivity index (χ1) is 16.2. The molecule has 1 N–H and O–H groups in total. The number of piperidine rings is 1. The fourth-order valence-electron chi connectivity index (χ4n) is 5.67. The normalized spacial score (nSPS) is 23.9. The number of likely N-dealkylation sites (tertiary alicyclic amines) is 1. The van der Waals surface area contributed by atoms with Crippen LogP contribution in [0.25, 0.3) is 0 Å². The molecule has 0 radical (unpaired) electrons. The molecule has 2 heterocycles. The third-order valence-corrected chi connectivity index (χ3v) is 7.56. The Morgan fingerprint density at radius 3 is 2.38 bits per heavy atom. The van der Waals surface area contributed by atoms with E-state index in [1.807, 2.05) is 22.0 Å². The first kappa shape index (κ1) is 24.1. The molecule has 2 saturated heterocycles. The Morgan fingerprint density at radius 2 is 1.79 bits per heavy atom. The van der Waals surface area contributed by atoms with Crippen LogP contribution in [0.3, 0.4) is 0 Å². The van der Waals surface area contributed by atoms with Crippen molar-refractivity contribution in [3.63, 3.8) is 0 Å². The minimum absolute atomic E-state index is 0.0344. The number of nitrogens with zero attached hydrogens (tertiary/aromatic N) is 3. The summed E-state index contributed by atoms with van der Waals surface area (Å²) in [5.74, 6) is -0.0207. The summed E-state index contributed by atoms with van der Waals surface area (Å²) in [7, 11) is 1.61. The Hall–Kier alpha value is -3.02. The van der Waals surface area contributed by atoms with Crippen LogP contribution in [0.4, 0.5) is 18.9 Å². The van der Waals surface area contributed by atoms with E-state index < -0.39 is 11.7 Å². The second-order valence-corrected chi connectivity index (χ2v) is 9.43. The average molecular weight is 475 g/mol. The molecule has 2 atom stereocenters. The zero-order valence-electron chi connectivity index (χ0n) is 19.1. The van der Waals surface area contributed by atoms with Crippen LogP contribution >= 0.6 is 0 Å². The second kappa shape index (κ2) is 9.69. The lowest BCUT2D eigenvalue weighted by atomic mass is 9.78. The number of rotatable bonds is 4. The fourth-order valence-corrected chi connectivity index (χ4v) is 5.67. The van der Waals surface area contributed by atoms with Crippen LogP contribution in [0.1, 0.15) is 36.8 Å². The Balaban J connectivity index is 1.44. The van der Waals surface area contributed by atoms with Crippen LogP contribution in [0, 0.1) is 35.0 Å². The number of amides is 2. The number of anilines is 1. The quantitative estimate of drug-likeness (QED) is 0.677. The van der Waals surface area contributed by atoms with E-state index in [0.29, 0.717) is 31.9 Å². The number of hydrogen-bond donors (Lipinski definition) is 1. The molecule has 9 heteroatoms. The number of halogens is 3. The molecule has 1 aromatic rings. The Kier molecular flexibility index (Phi) is 6.87. The predicted octanol–water partition coefficient (Wildman–Crippen LogP) is 3.58. The van der Waals surface area contributed by atoms with Gasteiger partial charge in [-0.3, -0.25) is 9.59 Å². The van der Waals surface area contributed by atoms with Gasteiger partial charge in [0, 0.05) is 44.8 Å². The molecule has 1 aliphatic carbocycles. The largest absolute Gasteiger partial charge is 0.417 e. The zero-order valence-corrected chi connectivity index (χ0v) is 19.1. The highest BCUT2D eigenvalue weighted by Crippen LogP contribution is 2.39. The number of alkyl halides is 3. The van der Waals surface area contributed by atoms with E-state index in [1.165, 1.54) is 6.07 Å². The molecule has 6 nitrogen and oxygen atoms in total. The zero-order chi connectivity index (χ0) is 24.5. The summed E-state index contributed by atoms with van der Waals surface area (Å²) in [6.07, 6.45) is 2.40. The van der Waals surface area contributed by atoms with Crippen molar-refractivity contribution in [3.8, 4) is 6.07 Å². The van der Waals surface area contributed by atoms with Crippen LogP contribution in [0.2, 0.25) is 0 Å². The molecule has 3 aliphatic rings. The van der Waals surface area contributed by atoms with E-state index in [-0.39, 0.29) is 41.0 Å². The molecule has 0 aromatic heterocycles. The second-order valence-electron chi connectivity index (χ2n) is 9.43. The van der Waals surface area contributed by atoms with Gasteiger partial charge in [0.15, 0.2) is 0 Å². The van der Waals surface area contributed by atoms with Gasteiger partial charge < -0.3 is 15.1 Å². The van der Waals surface area contributed by atoms with Crippen molar-refractivity contribution in [2.24, 2.45) is 23.7 Å². The van der Waals surface area contributed by atoms with E-state index in [1.54, 1.807) is 19.2 Å². The number of nitriles is 1. The summed E-state index contributed by atoms with van der Waals surface area (Å²) < 4.78 is 40.1. The Morgan fingerprint density at radius 1 is 1.12 bits per heavy atom. The molecule has 2 fully saturated rings. The van der Waals surface area contributed by atoms with Gasteiger partial charge in [0.2, 0.25) is 11.8 Å². The SMILES string of the molecule is CNC(=O)[C@@H]1CN(C(=O)C2CC=CC2)C[C@H]1C1CCN(c2ccc(C#N)c(C(F)(F)F)c2)CC1. The highest BCUT2D eigenvalue weighted by atomic mass is 19.4. The van der Waals surface area contributed by atoms with Crippen molar-refractivity contribution in [1.82, 2.24) is 10.2 Å².